The van der Waals surface area contributed by atoms with E-state index in [4.69, 9.17) is 0 Å². The first-order chi connectivity index (χ1) is 8.08. The molecule has 2 aromatic rings. The van der Waals surface area contributed by atoms with Crippen LogP contribution >= 0.6 is 22.7 Å². The molecule has 2 rings (SSSR count). The van der Waals surface area contributed by atoms with Crippen LogP contribution in [0, 0.1) is 6.92 Å². The fourth-order valence-electron chi connectivity index (χ4n) is 1.23. The van der Waals surface area contributed by atoms with E-state index < -0.39 is 0 Å². The Morgan fingerprint density at radius 3 is 2.76 bits per heavy atom. The average Bonchev–Trinajstić information content (AvgIpc) is 2.87. The first-order valence-corrected chi connectivity index (χ1v) is 6.63. The van der Waals surface area contributed by atoms with Gasteiger partial charge in [-0.15, -0.1) is 11.3 Å². The molecule has 0 atom stereocenters. The first kappa shape index (κ1) is 12.0. The minimum absolute atomic E-state index is 0.0211. The standard InChI is InChI=1S/C10H12N4OS2/c1-6-7(8(15)14(2)3)17-10(12-6)13-9-11-4-5-16-9/h4-5H,1-3H3,(H,11,12,13). The highest BCUT2D eigenvalue weighted by molar-refractivity contribution is 7.18. The molecule has 2 heterocycles. The number of carbonyl (C=O) groups excluding carboxylic acids is 1. The lowest BCUT2D eigenvalue weighted by Gasteiger charge is -2.07. The van der Waals surface area contributed by atoms with Gasteiger partial charge in [0.25, 0.3) is 5.91 Å². The SMILES string of the molecule is Cc1nc(Nc2nccs2)sc1C(=O)N(C)C. The molecule has 7 heteroatoms. The van der Waals surface area contributed by atoms with Crippen LogP contribution in [0.3, 0.4) is 0 Å². The van der Waals surface area contributed by atoms with E-state index in [1.807, 2.05) is 12.3 Å². The number of carbonyl (C=O) groups is 1. The van der Waals surface area contributed by atoms with E-state index in [0.717, 1.165) is 10.8 Å². The van der Waals surface area contributed by atoms with Crippen molar-refractivity contribution in [3.8, 4) is 0 Å². The minimum Gasteiger partial charge on any atom is -0.344 e. The number of rotatable bonds is 3. The summed E-state index contributed by atoms with van der Waals surface area (Å²) >= 11 is 2.84. The number of aryl methyl sites for hydroxylation is 1. The molecule has 17 heavy (non-hydrogen) atoms. The van der Waals surface area contributed by atoms with Crippen molar-refractivity contribution in [3.63, 3.8) is 0 Å². The number of amides is 1. The zero-order chi connectivity index (χ0) is 12.4. The zero-order valence-electron chi connectivity index (χ0n) is 9.72. The van der Waals surface area contributed by atoms with E-state index in [0.29, 0.717) is 10.0 Å². The molecular weight excluding hydrogens is 256 g/mol. The number of anilines is 2. The molecule has 0 saturated heterocycles. The Hall–Kier alpha value is -1.47. The van der Waals surface area contributed by atoms with Crippen LogP contribution in [-0.2, 0) is 0 Å². The summed E-state index contributed by atoms with van der Waals surface area (Å²) in [6.45, 7) is 1.83. The van der Waals surface area contributed by atoms with Crippen LogP contribution in [0.5, 0.6) is 0 Å². The third kappa shape index (κ3) is 2.62. The lowest BCUT2D eigenvalue weighted by molar-refractivity contribution is 0.0831. The van der Waals surface area contributed by atoms with Gasteiger partial charge in [-0.05, 0) is 6.92 Å². The van der Waals surface area contributed by atoms with Crippen molar-refractivity contribution >= 4 is 38.8 Å². The summed E-state index contributed by atoms with van der Waals surface area (Å²) in [5.41, 5.74) is 0.743. The summed E-state index contributed by atoms with van der Waals surface area (Å²) in [7, 11) is 3.46. The highest BCUT2D eigenvalue weighted by Gasteiger charge is 2.17. The topological polar surface area (TPSA) is 58.1 Å². The molecule has 0 saturated carbocycles. The Kier molecular flexibility index (Phi) is 3.39. The fourth-order valence-corrected chi connectivity index (χ4v) is 2.81. The lowest BCUT2D eigenvalue weighted by atomic mass is 10.3. The summed E-state index contributed by atoms with van der Waals surface area (Å²) in [6, 6.07) is 0. The van der Waals surface area contributed by atoms with Crippen molar-refractivity contribution in [2.45, 2.75) is 6.92 Å². The van der Waals surface area contributed by atoms with Crippen molar-refractivity contribution in [2.24, 2.45) is 0 Å². The van der Waals surface area contributed by atoms with E-state index >= 15 is 0 Å². The number of nitrogens with zero attached hydrogens (tertiary/aromatic N) is 3. The summed E-state index contributed by atoms with van der Waals surface area (Å²) in [6.07, 6.45) is 1.72. The molecule has 90 valence electrons. The molecule has 1 N–H and O–H groups in total. The van der Waals surface area contributed by atoms with Gasteiger partial charge in [0.05, 0.1) is 5.69 Å². The second kappa shape index (κ2) is 4.80. The van der Waals surface area contributed by atoms with Crippen LogP contribution in [0.15, 0.2) is 11.6 Å². The van der Waals surface area contributed by atoms with Crippen LogP contribution in [0.2, 0.25) is 0 Å². The van der Waals surface area contributed by atoms with E-state index in [9.17, 15) is 4.79 Å². The highest BCUT2D eigenvalue weighted by Crippen LogP contribution is 2.27. The highest BCUT2D eigenvalue weighted by atomic mass is 32.1. The maximum absolute atomic E-state index is 11.8. The molecule has 0 radical (unpaired) electrons. The number of aromatic nitrogens is 2. The summed E-state index contributed by atoms with van der Waals surface area (Å²) < 4.78 is 0. The van der Waals surface area contributed by atoms with Gasteiger partial charge in [0.1, 0.15) is 4.88 Å². The molecular formula is C10H12N4OS2. The summed E-state index contributed by atoms with van der Waals surface area (Å²) in [5, 5.41) is 6.44. The molecule has 5 nitrogen and oxygen atoms in total. The molecule has 0 unspecified atom stereocenters. The number of hydrogen-bond donors (Lipinski definition) is 1. The van der Waals surface area contributed by atoms with Crippen molar-refractivity contribution < 1.29 is 4.79 Å². The minimum atomic E-state index is -0.0211. The third-order valence-electron chi connectivity index (χ3n) is 2.04. The number of thiazole rings is 2. The molecule has 0 aliphatic carbocycles. The second-order valence-corrected chi connectivity index (χ2v) is 5.49. The predicted molar refractivity (Wildman–Crippen MR) is 70.3 cm³/mol. The summed E-state index contributed by atoms with van der Waals surface area (Å²) in [4.78, 5) is 22.5. The number of nitrogens with one attached hydrogen (secondary N) is 1. The van der Waals surface area contributed by atoms with Crippen molar-refractivity contribution in [2.75, 3.05) is 19.4 Å². The van der Waals surface area contributed by atoms with Gasteiger partial charge in [-0.1, -0.05) is 11.3 Å². The molecule has 0 spiro atoms. The van der Waals surface area contributed by atoms with Gasteiger partial charge >= 0.3 is 0 Å². The normalized spacial score (nSPS) is 10.3. The van der Waals surface area contributed by atoms with Crippen LogP contribution in [0.1, 0.15) is 15.4 Å². The molecule has 1 amide bonds. The van der Waals surface area contributed by atoms with Crippen molar-refractivity contribution in [1.29, 1.82) is 0 Å². The smallest absolute Gasteiger partial charge is 0.265 e. The third-order valence-corrected chi connectivity index (χ3v) is 3.79. The Morgan fingerprint density at radius 2 is 2.18 bits per heavy atom. The molecule has 2 aromatic heterocycles. The van der Waals surface area contributed by atoms with E-state index in [1.54, 1.807) is 25.2 Å². The van der Waals surface area contributed by atoms with Crippen LogP contribution in [-0.4, -0.2) is 34.9 Å². The van der Waals surface area contributed by atoms with Crippen LogP contribution < -0.4 is 5.32 Å². The fraction of sp³-hybridized carbons (Fsp3) is 0.300. The van der Waals surface area contributed by atoms with Gasteiger partial charge in [0, 0.05) is 25.7 Å². The van der Waals surface area contributed by atoms with Gasteiger partial charge in [-0.2, -0.15) is 0 Å². The molecule has 0 aliphatic rings. The molecule has 0 bridgehead atoms. The van der Waals surface area contributed by atoms with Gasteiger partial charge < -0.3 is 10.2 Å². The van der Waals surface area contributed by atoms with Crippen molar-refractivity contribution in [3.05, 3.63) is 22.1 Å². The van der Waals surface area contributed by atoms with E-state index in [1.165, 1.54) is 22.7 Å². The molecule has 0 aromatic carbocycles. The Bertz CT molecular complexity index is 518. The maximum atomic E-state index is 11.8. The van der Waals surface area contributed by atoms with Gasteiger partial charge in [0.2, 0.25) is 0 Å². The average molecular weight is 268 g/mol. The molecule has 0 fully saturated rings. The maximum Gasteiger partial charge on any atom is 0.265 e. The second-order valence-electron chi connectivity index (χ2n) is 3.60. The van der Waals surface area contributed by atoms with Crippen molar-refractivity contribution in [1.82, 2.24) is 14.9 Å². The zero-order valence-corrected chi connectivity index (χ0v) is 11.4. The molecule has 0 aliphatic heterocycles. The van der Waals surface area contributed by atoms with Crippen LogP contribution in [0.4, 0.5) is 10.3 Å². The summed E-state index contributed by atoms with van der Waals surface area (Å²) in [5.74, 6) is -0.0211. The van der Waals surface area contributed by atoms with Gasteiger partial charge in [-0.3, -0.25) is 4.79 Å². The Morgan fingerprint density at radius 1 is 1.41 bits per heavy atom. The van der Waals surface area contributed by atoms with E-state index in [2.05, 4.69) is 15.3 Å². The van der Waals surface area contributed by atoms with Gasteiger partial charge in [0.15, 0.2) is 10.3 Å². The largest absolute Gasteiger partial charge is 0.344 e. The van der Waals surface area contributed by atoms with E-state index in [-0.39, 0.29) is 5.91 Å². The Labute approximate surface area is 107 Å². The van der Waals surface area contributed by atoms with Gasteiger partial charge in [-0.25, -0.2) is 9.97 Å². The monoisotopic (exact) mass is 268 g/mol. The van der Waals surface area contributed by atoms with Crippen LogP contribution in [0.25, 0.3) is 0 Å². The number of hydrogen-bond acceptors (Lipinski definition) is 6. The lowest BCUT2D eigenvalue weighted by Crippen LogP contribution is -2.21. The first-order valence-electron chi connectivity index (χ1n) is 4.93. The Balaban J connectivity index is 2.22. The quantitative estimate of drug-likeness (QED) is 0.928. The predicted octanol–water partition coefficient (Wildman–Crippen LogP) is 2.35.